The topological polar surface area (TPSA) is 49.6 Å². The van der Waals surface area contributed by atoms with Crippen molar-refractivity contribution in [3.05, 3.63) is 36.3 Å². The molecule has 18 heavy (non-hydrogen) atoms. The second-order valence-electron chi connectivity index (χ2n) is 3.61. The van der Waals surface area contributed by atoms with E-state index in [1.54, 1.807) is 13.3 Å². The van der Waals surface area contributed by atoms with Crippen LogP contribution in [-0.4, -0.2) is 26.1 Å². The molecule has 4 nitrogen and oxygen atoms in total. The summed E-state index contributed by atoms with van der Waals surface area (Å²) in [5.41, 5.74) is 0. The van der Waals surface area contributed by atoms with E-state index in [1.807, 2.05) is 19.1 Å². The molecule has 0 aliphatic rings. The minimum Gasteiger partial charge on any atom is -0.469 e. The Morgan fingerprint density at radius 2 is 2.17 bits per heavy atom. The predicted molar refractivity (Wildman–Crippen MR) is 86.6 cm³/mol. The molecule has 0 bridgehead atoms. The molecule has 1 rings (SSSR count). The molecule has 0 atom stereocenters. The maximum Gasteiger partial charge on any atom is 0.191 e. The molecule has 0 saturated heterocycles. The third-order valence-electron chi connectivity index (χ3n) is 2.31. The summed E-state index contributed by atoms with van der Waals surface area (Å²) in [6.45, 7) is 3.73. The summed E-state index contributed by atoms with van der Waals surface area (Å²) in [5, 5.41) is 6.48. The van der Waals surface area contributed by atoms with E-state index in [1.165, 1.54) is 0 Å². The van der Waals surface area contributed by atoms with Crippen LogP contribution in [0.25, 0.3) is 0 Å². The fourth-order valence-corrected chi connectivity index (χ4v) is 1.42. The lowest BCUT2D eigenvalue weighted by Crippen LogP contribution is -2.38. The molecular formula is C13H22IN3O. The molecule has 1 heterocycles. The first-order valence-corrected chi connectivity index (χ1v) is 5.95. The predicted octanol–water partition coefficient (Wildman–Crippen LogP) is 2.57. The molecule has 0 spiro atoms. The third-order valence-corrected chi connectivity index (χ3v) is 2.31. The number of allylic oxidation sites excluding steroid dienone is 1. The Hall–Kier alpha value is -0.980. The highest BCUT2D eigenvalue weighted by Crippen LogP contribution is 1.99. The Labute approximate surface area is 126 Å². The number of nitrogens with zero attached hydrogens (tertiary/aromatic N) is 1. The summed E-state index contributed by atoms with van der Waals surface area (Å²) in [7, 11) is 1.78. The van der Waals surface area contributed by atoms with Gasteiger partial charge in [-0.3, -0.25) is 4.99 Å². The lowest BCUT2D eigenvalue weighted by atomic mass is 10.3. The number of aliphatic imine (C=N–C) groups is 1. The second kappa shape index (κ2) is 11.1. The van der Waals surface area contributed by atoms with E-state index in [0.29, 0.717) is 0 Å². The van der Waals surface area contributed by atoms with E-state index in [-0.39, 0.29) is 24.0 Å². The van der Waals surface area contributed by atoms with Gasteiger partial charge in [0.2, 0.25) is 0 Å². The first-order valence-electron chi connectivity index (χ1n) is 5.95. The van der Waals surface area contributed by atoms with Crippen LogP contribution in [-0.2, 0) is 6.42 Å². The molecule has 0 aliphatic carbocycles. The van der Waals surface area contributed by atoms with Gasteiger partial charge in [0.25, 0.3) is 0 Å². The average Bonchev–Trinajstić information content (AvgIpc) is 2.85. The molecular weight excluding hydrogens is 341 g/mol. The normalized spacial score (nSPS) is 11.3. The van der Waals surface area contributed by atoms with Crippen LogP contribution in [0.5, 0.6) is 0 Å². The van der Waals surface area contributed by atoms with Crippen LogP contribution in [0.4, 0.5) is 0 Å². The first kappa shape index (κ1) is 17.0. The van der Waals surface area contributed by atoms with Crippen molar-refractivity contribution in [1.82, 2.24) is 10.6 Å². The van der Waals surface area contributed by atoms with Crippen LogP contribution in [0.15, 0.2) is 40.0 Å². The van der Waals surface area contributed by atoms with Crippen LogP contribution in [0.3, 0.4) is 0 Å². The molecule has 0 aliphatic heterocycles. The molecule has 1 aromatic rings. The summed E-state index contributed by atoms with van der Waals surface area (Å²) >= 11 is 0. The minimum atomic E-state index is 0. The number of nitrogens with one attached hydrogen (secondary N) is 2. The summed E-state index contributed by atoms with van der Waals surface area (Å²) < 4.78 is 5.25. The Morgan fingerprint density at radius 1 is 1.39 bits per heavy atom. The minimum absolute atomic E-state index is 0. The third kappa shape index (κ3) is 7.37. The van der Waals surface area contributed by atoms with Gasteiger partial charge in [0.1, 0.15) is 5.76 Å². The van der Waals surface area contributed by atoms with Gasteiger partial charge in [-0.25, -0.2) is 0 Å². The van der Waals surface area contributed by atoms with E-state index in [0.717, 1.165) is 37.7 Å². The standard InChI is InChI=1S/C13H21N3O.HI/c1-3-4-5-9-15-13(14-2)16-10-8-12-7-6-11-17-12;/h3-4,6-7,11H,5,8-10H2,1-2H3,(H2,14,15,16);1H. The number of rotatable bonds is 6. The van der Waals surface area contributed by atoms with Crippen LogP contribution >= 0.6 is 24.0 Å². The Bertz CT molecular complexity index is 347. The highest BCUT2D eigenvalue weighted by molar-refractivity contribution is 14.0. The van der Waals surface area contributed by atoms with E-state index < -0.39 is 0 Å². The number of guanidine groups is 1. The largest absolute Gasteiger partial charge is 0.469 e. The number of furan rings is 1. The second-order valence-corrected chi connectivity index (χ2v) is 3.61. The van der Waals surface area contributed by atoms with Gasteiger partial charge in [0, 0.05) is 26.6 Å². The summed E-state index contributed by atoms with van der Waals surface area (Å²) in [6, 6.07) is 3.88. The molecule has 0 unspecified atom stereocenters. The first-order chi connectivity index (χ1) is 8.36. The van der Waals surface area contributed by atoms with Crippen molar-refractivity contribution in [2.24, 2.45) is 4.99 Å². The molecule has 0 amide bonds. The van der Waals surface area contributed by atoms with E-state index in [4.69, 9.17) is 4.42 Å². The quantitative estimate of drug-likeness (QED) is 0.269. The summed E-state index contributed by atoms with van der Waals surface area (Å²) in [5.74, 6) is 1.82. The zero-order chi connectivity index (χ0) is 12.3. The summed E-state index contributed by atoms with van der Waals surface area (Å²) in [6.07, 6.45) is 7.75. The highest BCUT2D eigenvalue weighted by atomic mass is 127. The van der Waals surface area contributed by atoms with Gasteiger partial charge in [-0.1, -0.05) is 12.2 Å². The average molecular weight is 363 g/mol. The van der Waals surface area contributed by atoms with Crippen LogP contribution in [0.1, 0.15) is 19.1 Å². The van der Waals surface area contributed by atoms with Gasteiger partial charge in [-0.05, 0) is 25.5 Å². The van der Waals surface area contributed by atoms with Crippen molar-refractivity contribution in [3.63, 3.8) is 0 Å². The highest BCUT2D eigenvalue weighted by Gasteiger charge is 1.98. The van der Waals surface area contributed by atoms with Crippen molar-refractivity contribution >= 4 is 29.9 Å². The number of halogens is 1. The number of hydrogen-bond donors (Lipinski definition) is 2. The zero-order valence-electron chi connectivity index (χ0n) is 11.0. The van der Waals surface area contributed by atoms with Gasteiger partial charge in [-0.2, -0.15) is 0 Å². The fraction of sp³-hybridized carbons (Fsp3) is 0.462. The maximum absolute atomic E-state index is 5.25. The van der Waals surface area contributed by atoms with Crippen LogP contribution in [0, 0.1) is 0 Å². The summed E-state index contributed by atoms with van der Waals surface area (Å²) in [4.78, 5) is 4.14. The van der Waals surface area contributed by atoms with E-state index >= 15 is 0 Å². The van der Waals surface area contributed by atoms with Crippen molar-refractivity contribution in [2.75, 3.05) is 20.1 Å². The van der Waals surface area contributed by atoms with Crippen LogP contribution < -0.4 is 10.6 Å². The van der Waals surface area contributed by atoms with Gasteiger partial charge in [0.15, 0.2) is 5.96 Å². The van der Waals surface area contributed by atoms with Crippen LogP contribution in [0.2, 0.25) is 0 Å². The van der Waals surface area contributed by atoms with Crippen molar-refractivity contribution in [1.29, 1.82) is 0 Å². The van der Waals surface area contributed by atoms with Gasteiger partial charge < -0.3 is 15.1 Å². The van der Waals surface area contributed by atoms with E-state index in [9.17, 15) is 0 Å². The lowest BCUT2D eigenvalue weighted by molar-refractivity contribution is 0.507. The molecule has 2 N–H and O–H groups in total. The Kier molecular flexibility index (Phi) is 10.5. The fourth-order valence-electron chi connectivity index (χ4n) is 1.42. The molecule has 0 aromatic carbocycles. The van der Waals surface area contributed by atoms with Crippen molar-refractivity contribution < 1.29 is 4.42 Å². The van der Waals surface area contributed by atoms with Gasteiger partial charge in [0.05, 0.1) is 6.26 Å². The van der Waals surface area contributed by atoms with Crippen molar-refractivity contribution in [3.8, 4) is 0 Å². The molecule has 1 aromatic heterocycles. The smallest absolute Gasteiger partial charge is 0.191 e. The maximum atomic E-state index is 5.25. The molecule has 0 fully saturated rings. The van der Waals surface area contributed by atoms with Gasteiger partial charge >= 0.3 is 0 Å². The molecule has 102 valence electrons. The zero-order valence-corrected chi connectivity index (χ0v) is 13.3. The molecule has 0 radical (unpaired) electrons. The Balaban J connectivity index is 0.00000289. The SMILES string of the molecule is CC=CCCNC(=NC)NCCc1ccco1.I. The molecule has 0 saturated carbocycles. The van der Waals surface area contributed by atoms with E-state index in [2.05, 4.69) is 27.8 Å². The number of hydrogen-bond acceptors (Lipinski definition) is 2. The molecule has 5 heteroatoms. The lowest BCUT2D eigenvalue weighted by Gasteiger charge is -2.10. The van der Waals surface area contributed by atoms with Crippen molar-refractivity contribution in [2.45, 2.75) is 19.8 Å². The van der Waals surface area contributed by atoms with Gasteiger partial charge in [-0.15, -0.1) is 24.0 Å². The monoisotopic (exact) mass is 363 g/mol. The Morgan fingerprint density at radius 3 is 2.78 bits per heavy atom.